The summed E-state index contributed by atoms with van der Waals surface area (Å²) in [7, 11) is 0. The molecule has 0 amide bonds. The molecule has 0 saturated heterocycles. The molecule has 0 aliphatic carbocycles. The van der Waals surface area contributed by atoms with Gasteiger partial charge in [0.05, 0.1) is 11.5 Å². The Balaban J connectivity index is 1.58. The molecule has 3 heterocycles. The summed E-state index contributed by atoms with van der Waals surface area (Å²) < 4.78 is 7.08. The molecular weight excluding hydrogens is 418 g/mol. The van der Waals surface area contributed by atoms with Gasteiger partial charge in [0.15, 0.2) is 0 Å². The molecule has 0 atom stereocenters. The fourth-order valence-corrected chi connectivity index (χ4v) is 4.50. The van der Waals surface area contributed by atoms with Gasteiger partial charge in [0, 0.05) is 53.1 Å². The summed E-state index contributed by atoms with van der Waals surface area (Å²) in [5, 5.41) is 2.76. The molecule has 154 valence electrons. The van der Waals surface area contributed by atoms with E-state index in [1.165, 1.54) is 0 Å². The van der Waals surface area contributed by atoms with Crippen LogP contribution in [0, 0.1) is 6.92 Å². The maximum Gasteiger partial charge on any atom is 0.305 e. The molecule has 3 aromatic heterocycles. The fourth-order valence-electron chi connectivity index (χ4n) is 3.37. The van der Waals surface area contributed by atoms with Crippen LogP contribution in [0.3, 0.4) is 0 Å². The zero-order valence-corrected chi connectivity index (χ0v) is 18.5. The summed E-state index contributed by atoms with van der Waals surface area (Å²) in [6.07, 6.45) is 6.87. The van der Waals surface area contributed by atoms with Gasteiger partial charge >= 0.3 is 5.97 Å². The van der Waals surface area contributed by atoms with Crippen molar-refractivity contribution < 1.29 is 9.53 Å². The highest BCUT2D eigenvalue weighted by atomic mass is 35.5. The Morgan fingerprint density at radius 2 is 2.10 bits per heavy atom. The first-order valence-corrected chi connectivity index (χ1v) is 11.1. The Morgan fingerprint density at radius 3 is 2.90 bits per heavy atom. The number of carbonyl (C=O) groups excluding carboxylic acids is 1. The number of rotatable bonds is 7. The standard InChI is InChI=1S/C23H22ClN3O2S/c1-3-29-21(28)5-4-11-27-12-9-18-17(8-10-25-22(18)27)20-14-26-23(30-20)16-7-6-15(2)19(24)13-16/h6-10,12-14H,3-5,11H2,1-2H3. The smallest absolute Gasteiger partial charge is 0.305 e. The molecular formula is C23H22ClN3O2S. The number of nitrogens with zero attached hydrogens (tertiary/aromatic N) is 3. The van der Waals surface area contributed by atoms with Gasteiger partial charge in [-0.25, -0.2) is 9.97 Å². The summed E-state index contributed by atoms with van der Waals surface area (Å²) in [6.45, 7) is 4.95. The van der Waals surface area contributed by atoms with E-state index in [-0.39, 0.29) is 5.97 Å². The van der Waals surface area contributed by atoms with Crippen molar-refractivity contribution in [2.75, 3.05) is 6.61 Å². The monoisotopic (exact) mass is 439 g/mol. The van der Waals surface area contributed by atoms with E-state index in [4.69, 9.17) is 16.3 Å². The van der Waals surface area contributed by atoms with Gasteiger partial charge in [0.1, 0.15) is 10.7 Å². The average molecular weight is 440 g/mol. The maximum absolute atomic E-state index is 11.6. The molecule has 0 aliphatic rings. The highest BCUT2D eigenvalue weighted by Gasteiger charge is 2.13. The normalized spacial score (nSPS) is 11.2. The van der Waals surface area contributed by atoms with Crippen molar-refractivity contribution >= 4 is 39.9 Å². The van der Waals surface area contributed by atoms with Gasteiger partial charge in [0.25, 0.3) is 0 Å². The molecule has 4 rings (SSSR count). The van der Waals surface area contributed by atoms with Crippen molar-refractivity contribution in [2.24, 2.45) is 0 Å². The second-order valence-corrected chi connectivity index (χ2v) is 8.44. The highest BCUT2D eigenvalue weighted by molar-refractivity contribution is 7.18. The molecule has 7 heteroatoms. The van der Waals surface area contributed by atoms with Crippen molar-refractivity contribution in [3.8, 4) is 21.0 Å². The van der Waals surface area contributed by atoms with E-state index >= 15 is 0 Å². The highest BCUT2D eigenvalue weighted by Crippen LogP contribution is 2.36. The van der Waals surface area contributed by atoms with E-state index in [1.54, 1.807) is 11.3 Å². The maximum atomic E-state index is 11.6. The predicted molar refractivity (Wildman–Crippen MR) is 122 cm³/mol. The summed E-state index contributed by atoms with van der Waals surface area (Å²) in [5.41, 5.74) is 4.08. The lowest BCUT2D eigenvalue weighted by Gasteiger charge is -2.06. The zero-order chi connectivity index (χ0) is 21.1. The number of thiazole rings is 1. The van der Waals surface area contributed by atoms with E-state index < -0.39 is 0 Å². The molecule has 30 heavy (non-hydrogen) atoms. The average Bonchev–Trinajstić information content (AvgIpc) is 3.38. The molecule has 0 saturated carbocycles. The lowest BCUT2D eigenvalue weighted by molar-refractivity contribution is -0.143. The number of benzene rings is 1. The van der Waals surface area contributed by atoms with E-state index in [0.29, 0.717) is 26.0 Å². The van der Waals surface area contributed by atoms with Crippen molar-refractivity contribution in [3.63, 3.8) is 0 Å². The summed E-state index contributed by atoms with van der Waals surface area (Å²) in [6, 6.07) is 10.1. The number of hydrogen-bond donors (Lipinski definition) is 0. The Hall–Kier alpha value is -2.70. The van der Waals surface area contributed by atoms with Gasteiger partial charge in [-0.1, -0.05) is 23.7 Å². The third-order valence-corrected chi connectivity index (χ3v) is 6.42. The van der Waals surface area contributed by atoms with Crippen LogP contribution in [-0.2, 0) is 16.1 Å². The van der Waals surface area contributed by atoms with Gasteiger partial charge in [-0.05, 0) is 44.0 Å². The van der Waals surface area contributed by atoms with Gasteiger partial charge < -0.3 is 9.30 Å². The topological polar surface area (TPSA) is 57.0 Å². The van der Waals surface area contributed by atoms with Gasteiger partial charge in [-0.15, -0.1) is 11.3 Å². The van der Waals surface area contributed by atoms with Crippen LogP contribution in [0.5, 0.6) is 0 Å². The number of carbonyl (C=O) groups is 1. The summed E-state index contributed by atoms with van der Waals surface area (Å²) in [5.74, 6) is -0.156. The van der Waals surface area contributed by atoms with Crippen LogP contribution in [0.1, 0.15) is 25.3 Å². The Bertz CT molecular complexity index is 1200. The first-order chi connectivity index (χ1) is 14.6. The van der Waals surface area contributed by atoms with E-state index in [1.807, 2.05) is 56.7 Å². The largest absolute Gasteiger partial charge is 0.466 e. The molecule has 0 unspecified atom stereocenters. The predicted octanol–water partition coefficient (Wildman–Crippen LogP) is 6.13. The number of fused-ring (bicyclic) bond motifs is 1. The van der Waals surface area contributed by atoms with Crippen molar-refractivity contribution in [3.05, 3.63) is 59.5 Å². The zero-order valence-electron chi connectivity index (χ0n) is 16.9. The van der Waals surface area contributed by atoms with E-state index in [2.05, 4.69) is 20.6 Å². The quantitative estimate of drug-likeness (QED) is 0.325. The van der Waals surface area contributed by atoms with E-state index in [9.17, 15) is 4.79 Å². The third-order valence-electron chi connectivity index (χ3n) is 4.94. The number of halogens is 1. The number of aryl methyl sites for hydroxylation is 2. The minimum Gasteiger partial charge on any atom is -0.466 e. The van der Waals surface area contributed by atoms with Crippen LogP contribution in [-0.4, -0.2) is 27.1 Å². The molecule has 0 bridgehead atoms. The Labute approximate surface area is 184 Å². The molecule has 5 nitrogen and oxygen atoms in total. The fraction of sp³-hybridized carbons (Fsp3) is 0.261. The second kappa shape index (κ2) is 8.98. The number of aromatic nitrogens is 3. The van der Waals surface area contributed by atoms with Gasteiger partial charge in [-0.3, -0.25) is 4.79 Å². The minimum absolute atomic E-state index is 0.156. The molecule has 0 spiro atoms. The lowest BCUT2D eigenvalue weighted by Crippen LogP contribution is -2.06. The van der Waals surface area contributed by atoms with Crippen LogP contribution < -0.4 is 0 Å². The molecule has 0 radical (unpaired) electrons. The number of hydrogen-bond acceptors (Lipinski definition) is 5. The van der Waals surface area contributed by atoms with Crippen LogP contribution in [0.15, 0.2) is 48.9 Å². The molecule has 1 aromatic carbocycles. The Morgan fingerprint density at radius 1 is 1.23 bits per heavy atom. The number of pyridine rings is 1. The Kier molecular flexibility index (Phi) is 6.16. The summed E-state index contributed by atoms with van der Waals surface area (Å²) in [4.78, 5) is 21.8. The van der Waals surface area contributed by atoms with Crippen LogP contribution in [0.4, 0.5) is 0 Å². The number of ether oxygens (including phenoxy) is 1. The van der Waals surface area contributed by atoms with Crippen LogP contribution >= 0.6 is 22.9 Å². The van der Waals surface area contributed by atoms with Crippen LogP contribution in [0.2, 0.25) is 5.02 Å². The SMILES string of the molecule is CCOC(=O)CCCn1ccc2c(-c3cnc(-c4ccc(C)c(Cl)c4)s3)ccnc21. The van der Waals surface area contributed by atoms with Crippen molar-refractivity contribution in [1.82, 2.24) is 14.5 Å². The minimum atomic E-state index is -0.156. The first kappa shape index (κ1) is 20.6. The van der Waals surface area contributed by atoms with Crippen molar-refractivity contribution in [1.29, 1.82) is 0 Å². The van der Waals surface area contributed by atoms with Gasteiger partial charge in [-0.2, -0.15) is 0 Å². The molecule has 0 aliphatic heterocycles. The molecule has 0 fully saturated rings. The molecule has 4 aromatic rings. The van der Waals surface area contributed by atoms with Crippen LogP contribution in [0.25, 0.3) is 32.0 Å². The van der Waals surface area contributed by atoms with Crippen molar-refractivity contribution in [2.45, 2.75) is 33.2 Å². The second-order valence-electron chi connectivity index (χ2n) is 7.01. The lowest BCUT2D eigenvalue weighted by atomic mass is 10.1. The summed E-state index contributed by atoms with van der Waals surface area (Å²) >= 11 is 7.92. The first-order valence-electron chi connectivity index (χ1n) is 9.89. The van der Waals surface area contributed by atoms with Gasteiger partial charge in [0.2, 0.25) is 0 Å². The number of esters is 1. The van der Waals surface area contributed by atoms with E-state index in [0.717, 1.165) is 42.6 Å². The molecule has 0 N–H and O–H groups in total. The third kappa shape index (κ3) is 4.25.